The Kier molecular flexibility index (Phi) is 3.99. The number of rotatable bonds is 4. The van der Waals surface area contributed by atoms with Crippen LogP contribution in [0.15, 0.2) is 48.3 Å². The lowest BCUT2D eigenvalue weighted by atomic mass is 10.1. The van der Waals surface area contributed by atoms with E-state index in [1.165, 1.54) is 0 Å². The molecule has 1 N–H and O–H groups in total. The highest BCUT2D eigenvalue weighted by atomic mass is 16.5. The van der Waals surface area contributed by atoms with Crippen molar-refractivity contribution in [1.82, 2.24) is 15.3 Å². The van der Waals surface area contributed by atoms with Gasteiger partial charge in [-0.25, -0.2) is 9.97 Å². The quantitative estimate of drug-likeness (QED) is 0.940. The van der Waals surface area contributed by atoms with Crippen LogP contribution in [0.2, 0.25) is 0 Å². The zero-order valence-corrected chi connectivity index (χ0v) is 13.4. The van der Waals surface area contributed by atoms with Crippen molar-refractivity contribution in [1.29, 1.82) is 0 Å². The second-order valence-electron chi connectivity index (χ2n) is 6.14. The number of benzene rings is 1. The Labute approximate surface area is 140 Å². The zero-order chi connectivity index (χ0) is 16.4. The summed E-state index contributed by atoms with van der Waals surface area (Å²) in [6, 6.07) is 7.82. The maximum Gasteiger partial charge on any atom is 0.247 e. The van der Waals surface area contributed by atoms with E-state index in [1.807, 2.05) is 18.2 Å². The minimum Gasteiger partial charge on any atom is -0.487 e. The topological polar surface area (TPSA) is 64.1 Å². The van der Waals surface area contributed by atoms with Crippen molar-refractivity contribution in [2.45, 2.75) is 31.8 Å². The minimum absolute atomic E-state index is 0.0404. The average Bonchev–Trinajstić information content (AvgIpc) is 3.29. The van der Waals surface area contributed by atoms with Gasteiger partial charge in [-0.05, 0) is 37.0 Å². The Bertz CT molecular complexity index is 786. The molecule has 4 rings (SSSR count). The number of ether oxygens (including phenoxy) is 1. The van der Waals surface area contributed by atoms with Gasteiger partial charge < -0.3 is 10.1 Å². The monoisotopic (exact) mass is 321 g/mol. The van der Waals surface area contributed by atoms with Gasteiger partial charge in [-0.15, -0.1) is 0 Å². The van der Waals surface area contributed by atoms with Gasteiger partial charge in [0.2, 0.25) is 5.91 Å². The summed E-state index contributed by atoms with van der Waals surface area (Å²) in [6.07, 6.45) is 9.19. The number of allylic oxidation sites excluding steroid dienone is 1. The number of para-hydroxylation sites is 1. The first-order valence-electron chi connectivity index (χ1n) is 8.34. The lowest BCUT2D eigenvalue weighted by molar-refractivity contribution is -0.117. The second-order valence-corrected chi connectivity index (χ2v) is 6.14. The molecular formula is C19H19N3O2. The molecule has 2 aliphatic rings. The first kappa shape index (κ1) is 14.9. The molecule has 1 aromatic carbocycles. The summed E-state index contributed by atoms with van der Waals surface area (Å²) in [4.78, 5) is 20.7. The number of nitrogens with zero attached hydrogens (tertiary/aromatic N) is 2. The highest BCUT2D eigenvalue weighted by Crippen LogP contribution is 2.37. The molecule has 5 nitrogen and oxygen atoms in total. The SMILES string of the molecule is O=C(NC[C@H]1Cc2cccc(-c3ncccn3)c2O1)C1=CCCC1. The first-order valence-corrected chi connectivity index (χ1v) is 8.34. The summed E-state index contributed by atoms with van der Waals surface area (Å²) in [7, 11) is 0. The van der Waals surface area contributed by atoms with E-state index in [4.69, 9.17) is 4.74 Å². The summed E-state index contributed by atoms with van der Waals surface area (Å²) < 4.78 is 6.09. The van der Waals surface area contributed by atoms with Crippen LogP contribution in [-0.4, -0.2) is 28.5 Å². The molecule has 0 unspecified atom stereocenters. The van der Waals surface area contributed by atoms with Crippen LogP contribution in [-0.2, 0) is 11.2 Å². The lowest BCUT2D eigenvalue weighted by Gasteiger charge is -2.13. The van der Waals surface area contributed by atoms with E-state index in [2.05, 4.69) is 21.4 Å². The van der Waals surface area contributed by atoms with E-state index in [-0.39, 0.29) is 12.0 Å². The first-order chi connectivity index (χ1) is 11.8. The number of aromatic nitrogens is 2. The predicted molar refractivity (Wildman–Crippen MR) is 90.5 cm³/mol. The summed E-state index contributed by atoms with van der Waals surface area (Å²) in [5.41, 5.74) is 2.95. The number of fused-ring (bicyclic) bond motifs is 1. The van der Waals surface area contributed by atoms with Crippen LogP contribution in [0.3, 0.4) is 0 Å². The molecule has 2 heterocycles. The van der Waals surface area contributed by atoms with Gasteiger partial charge in [0.25, 0.3) is 0 Å². The number of hydrogen-bond acceptors (Lipinski definition) is 4. The van der Waals surface area contributed by atoms with Crippen LogP contribution in [0.1, 0.15) is 24.8 Å². The maximum absolute atomic E-state index is 12.1. The highest BCUT2D eigenvalue weighted by molar-refractivity contribution is 5.93. The summed E-state index contributed by atoms with van der Waals surface area (Å²) >= 11 is 0. The molecule has 2 aromatic rings. The second kappa shape index (κ2) is 6.43. The molecule has 1 atom stereocenters. The van der Waals surface area contributed by atoms with Crippen LogP contribution < -0.4 is 10.1 Å². The third-order valence-electron chi connectivity index (χ3n) is 4.46. The summed E-state index contributed by atoms with van der Waals surface area (Å²) in [6.45, 7) is 0.514. The number of nitrogens with one attached hydrogen (secondary N) is 1. The minimum atomic E-state index is -0.0455. The van der Waals surface area contributed by atoms with Gasteiger partial charge in [-0.2, -0.15) is 0 Å². The van der Waals surface area contributed by atoms with Crippen LogP contribution >= 0.6 is 0 Å². The van der Waals surface area contributed by atoms with Crippen molar-refractivity contribution in [3.05, 3.63) is 53.9 Å². The fourth-order valence-electron chi connectivity index (χ4n) is 3.26. The zero-order valence-electron chi connectivity index (χ0n) is 13.4. The molecule has 0 fully saturated rings. The van der Waals surface area contributed by atoms with E-state index >= 15 is 0 Å². The molecule has 0 spiro atoms. The van der Waals surface area contributed by atoms with E-state index in [0.717, 1.165) is 48.1 Å². The van der Waals surface area contributed by atoms with E-state index < -0.39 is 0 Å². The number of amides is 1. The summed E-state index contributed by atoms with van der Waals surface area (Å²) in [5.74, 6) is 1.54. The van der Waals surface area contributed by atoms with Gasteiger partial charge in [0.05, 0.1) is 12.1 Å². The predicted octanol–water partition coefficient (Wildman–Crippen LogP) is 2.67. The van der Waals surface area contributed by atoms with Crippen LogP contribution in [0.4, 0.5) is 0 Å². The Hall–Kier alpha value is -2.69. The number of hydrogen-bond donors (Lipinski definition) is 1. The van der Waals surface area contributed by atoms with Gasteiger partial charge >= 0.3 is 0 Å². The molecular weight excluding hydrogens is 302 g/mol. The smallest absolute Gasteiger partial charge is 0.247 e. The molecule has 122 valence electrons. The van der Waals surface area contributed by atoms with Crippen molar-refractivity contribution in [3.63, 3.8) is 0 Å². The molecule has 0 bridgehead atoms. The summed E-state index contributed by atoms with van der Waals surface area (Å²) in [5, 5.41) is 3.00. The Morgan fingerprint density at radius 3 is 2.92 bits per heavy atom. The van der Waals surface area contributed by atoms with Crippen molar-refractivity contribution < 1.29 is 9.53 Å². The van der Waals surface area contributed by atoms with Gasteiger partial charge in [-0.1, -0.05) is 18.2 Å². The number of carbonyl (C=O) groups excluding carboxylic acids is 1. The maximum atomic E-state index is 12.1. The molecule has 1 aliphatic carbocycles. The van der Waals surface area contributed by atoms with Crippen LogP contribution in [0.5, 0.6) is 5.75 Å². The number of carbonyl (C=O) groups is 1. The van der Waals surface area contributed by atoms with E-state index in [0.29, 0.717) is 12.4 Å². The van der Waals surface area contributed by atoms with Crippen molar-refractivity contribution in [3.8, 4) is 17.1 Å². The molecule has 0 saturated carbocycles. The van der Waals surface area contributed by atoms with Crippen molar-refractivity contribution >= 4 is 5.91 Å². The molecule has 1 aliphatic heterocycles. The molecule has 0 saturated heterocycles. The van der Waals surface area contributed by atoms with Crippen molar-refractivity contribution in [2.24, 2.45) is 0 Å². The third-order valence-corrected chi connectivity index (χ3v) is 4.46. The Morgan fingerprint density at radius 1 is 1.25 bits per heavy atom. The molecule has 24 heavy (non-hydrogen) atoms. The third kappa shape index (κ3) is 2.89. The van der Waals surface area contributed by atoms with Crippen LogP contribution in [0, 0.1) is 0 Å². The molecule has 1 aromatic heterocycles. The van der Waals surface area contributed by atoms with Gasteiger partial charge in [-0.3, -0.25) is 4.79 Å². The van der Waals surface area contributed by atoms with E-state index in [1.54, 1.807) is 18.5 Å². The largest absolute Gasteiger partial charge is 0.487 e. The standard InChI is InChI=1S/C19H19N3O2/c23-19(13-5-1-2-6-13)22-12-15-11-14-7-3-8-16(17(14)24-15)18-20-9-4-10-21-18/h3-5,7-10,15H,1-2,6,11-12H2,(H,22,23)/t15-/m1/s1. The molecule has 5 heteroatoms. The van der Waals surface area contributed by atoms with Gasteiger partial charge in [0, 0.05) is 24.4 Å². The fourth-order valence-corrected chi connectivity index (χ4v) is 3.26. The Morgan fingerprint density at radius 2 is 2.12 bits per heavy atom. The van der Waals surface area contributed by atoms with Crippen molar-refractivity contribution in [2.75, 3.05) is 6.54 Å². The fraction of sp³-hybridized carbons (Fsp3) is 0.316. The average molecular weight is 321 g/mol. The molecule has 0 radical (unpaired) electrons. The highest BCUT2D eigenvalue weighted by Gasteiger charge is 2.27. The lowest BCUT2D eigenvalue weighted by Crippen LogP contribution is -2.35. The molecule has 1 amide bonds. The van der Waals surface area contributed by atoms with Gasteiger partial charge in [0.1, 0.15) is 11.9 Å². The van der Waals surface area contributed by atoms with Crippen LogP contribution in [0.25, 0.3) is 11.4 Å². The Balaban J connectivity index is 1.45. The van der Waals surface area contributed by atoms with Gasteiger partial charge in [0.15, 0.2) is 5.82 Å². The van der Waals surface area contributed by atoms with E-state index in [9.17, 15) is 4.79 Å². The normalized spacial score (nSPS) is 18.7.